The molecule has 116 valence electrons. The van der Waals surface area contributed by atoms with Gasteiger partial charge in [0, 0.05) is 24.4 Å². The van der Waals surface area contributed by atoms with E-state index in [0.717, 1.165) is 36.3 Å². The molecule has 1 amide bonds. The quantitative estimate of drug-likeness (QED) is 0.926. The number of carbonyl (C=O) groups is 1. The predicted octanol–water partition coefficient (Wildman–Crippen LogP) is 3.18. The van der Waals surface area contributed by atoms with Crippen LogP contribution in [0, 0.1) is 5.41 Å². The SMILES string of the molecule is CC(C)(C)C(=O)N1CCC[C@@H]1c1ccnc(-c2ccn[nH]2)c1. The van der Waals surface area contributed by atoms with Gasteiger partial charge in [-0.05, 0) is 36.6 Å². The van der Waals surface area contributed by atoms with Crippen LogP contribution in [-0.2, 0) is 4.79 Å². The maximum Gasteiger partial charge on any atom is 0.228 e. The van der Waals surface area contributed by atoms with Crippen molar-refractivity contribution >= 4 is 5.91 Å². The van der Waals surface area contributed by atoms with E-state index in [4.69, 9.17) is 0 Å². The molecule has 22 heavy (non-hydrogen) atoms. The monoisotopic (exact) mass is 298 g/mol. The predicted molar refractivity (Wildman–Crippen MR) is 85.0 cm³/mol. The Morgan fingerprint density at radius 2 is 2.14 bits per heavy atom. The van der Waals surface area contributed by atoms with Crippen molar-refractivity contribution in [1.29, 1.82) is 0 Å². The van der Waals surface area contributed by atoms with Crippen LogP contribution in [0.5, 0.6) is 0 Å². The number of H-pyrrole nitrogens is 1. The first-order valence-corrected chi connectivity index (χ1v) is 7.73. The number of amides is 1. The molecule has 0 radical (unpaired) electrons. The zero-order valence-corrected chi connectivity index (χ0v) is 13.3. The summed E-state index contributed by atoms with van der Waals surface area (Å²) >= 11 is 0. The molecule has 1 N–H and O–H groups in total. The van der Waals surface area contributed by atoms with Gasteiger partial charge in [0.15, 0.2) is 0 Å². The molecule has 3 rings (SSSR count). The molecule has 2 aromatic rings. The number of nitrogens with zero attached hydrogens (tertiary/aromatic N) is 3. The third-order valence-electron chi connectivity index (χ3n) is 4.10. The van der Waals surface area contributed by atoms with E-state index in [0.29, 0.717) is 0 Å². The Bertz CT molecular complexity index is 658. The second-order valence-electron chi connectivity index (χ2n) is 6.85. The highest BCUT2D eigenvalue weighted by Crippen LogP contribution is 2.35. The van der Waals surface area contributed by atoms with E-state index in [1.54, 1.807) is 6.20 Å². The average Bonchev–Trinajstić information content (AvgIpc) is 3.17. The number of hydrogen-bond acceptors (Lipinski definition) is 3. The zero-order chi connectivity index (χ0) is 15.7. The molecule has 2 aromatic heterocycles. The van der Waals surface area contributed by atoms with Crippen molar-refractivity contribution < 1.29 is 4.79 Å². The number of pyridine rings is 1. The summed E-state index contributed by atoms with van der Waals surface area (Å²) in [7, 11) is 0. The van der Waals surface area contributed by atoms with Crippen molar-refractivity contribution in [2.45, 2.75) is 39.7 Å². The molecule has 0 saturated carbocycles. The van der Waals surface area contributed by atoms with Gasteiger partial charge in [0.1, 0.15) is 0 Å². The lowest BCUT2D eigenvalue weighted by Crippen LogP contribution is -2.39. The van der Waals surface area contributed by atoms with Crippen LogP contribution >= 0.6 is 0 Å². The highest BCUT2D eigenvalue weighted by Gasteiger charge is 2.35. The summed E-state index contributed by atoms with van der Waals surface area (Å²) in [6, 6.07) is 6.13. The molecule has 0 aliphatic carbocycles. The van der Waals surface area contributed by atoms with Gasteiger partial charge in [-0.2, -0.15) is 5.10 Å². The summed E-state index contributed by atoms with van der Waals surface area (Å²) in [6.45, 7) is 6.77. The second-order valence-corrected chi connectivity index (χ2v) is 6.85. The fourth-order valence-electron chi connectivity index (χ4n) is 2.99. The number of aromatic nitrogens is 3. The van der Waals surface area contributed by atoms with Crippen LogP contribution in [0.25, 0.3) is 11.4 Å². The van der Waals surface area contributed by atoms with Gasteiger partial charge in [-0.15, -0.1) is 0 Å². The van der Waals surface area contributed by atoms with Crippen molar-refractivity contribution in [3.8, 4) is 11.4 Å². The molecule has 0 aromatic carbocycles. The highest BCUT2D eigenvalue weighted by molar-refractivity contribution is 5.82. The van der Waals surface area contributed by atoms with Crippen LogP contribution in [0.2, 0.25) is 0 Å². The maximum atomic E-state index is 12.7. The third kappa shape index (κ3) is 2.75. The van der Waals surface area contributed by atoms with E-state index in [1.807, 2.05) is 44.0 Å². The lowest BCUT2D eigenvalue weighted by molar-refractivity contribution is -0.140. The molecule has 5 nitrogen and oxygen atoms in total. The van der Waals surface area contributed by atoms with Crippen LogP contribution < -0.4 is 0 Å². The molecule has 1 aliphatic heterocycles. The van der Waals surface area contributed by atoms with Gasteiger partial charge in [0.05, 0.1) is 17.4 Å². The summed E-state index contributed by atoms with van der Waals surface area (Å²) in [5.41, 5.74) is 2.57. The molecular formula is C17H22N4O. The minimum Gasteiger partial charge on any atom is -0.335 e. The van der Waals surface area contributed by atoms with E-state index >= 15 is 0 Å². The van der Waals surface area contributed by atoms with Gasteiger partial charge in [-0.25, -0.2) is 0 Å². The molecule has 3 heterocycles. The summed E-state index contributed by atoms with van der Waals surface area (Å²) in [5, 5.41) is 6.91. The van der Waals surface area contributed by atoms with Crippen LogP contribution in [0.3, 0.4) is 0 Å². The van der Waals surface area contributed by atoms with E-state index < -0.39 is 0 Å². The zero-order valence-electron chi connectivity index (χ0n) is 13.3. The number of hydrogen-bond donors (Lipinski definition) is 1. The molecule has 0 bridgehead atoms. The van der Waals surface area contributed by atoms with E-state index in [1.165, 1.54) is 0 Å². The minimum atomic E-state index is -0.345. The Morgan fingerprint density at radius 1 is 1.32 bits per heavy atom. The van der Waals surface area contributed by atoms with Crippen LogP contribution in [-0.4, -0.2) is 32.5 Å². The molecule has 1 saturated heterocycles. The van der Waals surface area contributed by atoms with Crippen molar-refractivity contribution in [3.63, 3.8) is 0 Å². The van der Waals surface area contributed by atoms with Crippen molar-refractivity contribution in [2.75, 3.05) is 6.54 Å². The van der Waals surface area contributed by atoms with Crippen LogP contribution in [0.1, 0.15) is 45.2 Å². The Hall–Kier alpha value is -2.17. The first-order valence-electron chi connectivity index (χ1n) is 7.73. The fraction of sp³-hybridized carbons (Fsp3) is 0.471. The first-order chi connectivity index (χ1) is 10.5. The Balaban J connectivity index is 1.90. The van der Waals surface area contributed by atoms with Gasteiger partial charge >= 0.3 is 0 Å². The largest absolute Gasteiger partial charge is 0.335 e. The van der Waals surface area contributed by atoms with Gasteiger partial charge < -0.3 is 4.90 Å². The number of aromatic amines is 1. The van der Waals surface area contributed by atoms with E-state index in [2.05, 4.69) is 21.2 Å². The van der Waals surface area contributed by atoms with Gasteiger partial charge in [-0.1, -0.05) is 20.8 Å². The summed E-state index contributed by atoms with van der Waals surface area (Å²) in [6.07, 6.45) is 5.58. The molecular weight excluding hydrogens is 276 g/mol. The summed E-state index contributed by atoms with van der Waals surface area (Å²) in [4.78, 5) is 19.1. The Kier molecular flexibility index (Phi) is 3.72. The normalized spacial score (nSPS) is 18.7. The number of nitrogens with one attached hydrogen (secondary N) is 1. The van der Waals surface area contributed by atoms with Gasteiger partial charge in [0.2, 0.25) is 5.91 Å². The van der Waals surface area contributed by atoms with Gasteiger partial charge in [0.25, 0.3) is 0 Å². The third-order valence-corrected chi connectivity index (χ3v) is 4.10. The minimum absolute atomic E-state index is 0.149. The summed E-state index contributed by atoms with van der Waals surface area (Å²) in [5.74, 6) is 0.218. The Morgan fingerprint density at radius 3 is 2.82 bits per heavy atom. The lowest BCUT2D eigenvalue weighted by Gasteiger charge is -2.31. The van der Waals surface area contributed by atoms with Crippen molar-refractivity contribution in [2.24, 2.45) is 5.41 Å². The number of rotatable bonds is 2. The number of likely N-dealkylation sites (tertiary alicyclic amines) is 1. The second kappa shape index (κ2) is 5.55. The average molecular weight is 298 g/mol. The van der Waals surface area contributed by atoms with E-state index in [-0.39, 0.29) is 17.4 Å². The van der Waals surface area contributed by atoms with Crippen LogP contribution in [0.15, 0.2) is 30.6 Å². The molecule has 1 aliphatic rings. The first kappa shape index (κ1) is 14.8. The number of carbonyl (C=O) groups excluding carboxylic acids is 1. The van der Waals surface area contributed by atoms with Gasteiger partial charge in [-0.3, -0.25) is 14.9 Å². The van der Waals surface area contributed by atoms with Crippen LogP contribution in [0.4, 0.5) is 0 Å². The molecule has 5 heteroatoms. The standard InChI is InChI=1S/C17H22N4O/c1-17(2,3)16(22)21-10-4-5-15(21)12-6-8-18-14(11-12)13-7-9-19-20-13/h6-9,11,15H,4-5,10H2,1-3H3,(H,19,20)/t15-/m1/s1. The Labute approximate surface area is 130 Å². The van der Waals surface area contributed by atoms with E-state index in [9.17, 15) is 4.79 Å². The lowest BCUT2D eigenvalue weighted by atomic mass is 9.93. The molecule has 0 unspecified atom stereocenters. The molecule has 1 atom stereocenters. The maximum absolute atomic E-state index is 12.7. The van der Waals surface area contributed by atoms with Crippen molar-refractivity contribution in [1.82, 2.24) is 20.1 Å². The fourth-order valence-corrected chi connectivity index (χ4v) is 2.99. The molecule has 1 fully saturated rings. The van der Waals surface area contributed by atoms with Crippen molar-refractivity contribution in [3.05, 3.63) is 36.2 Å². The molecule has 0 spiro atoms. The topological polar surface area (TPSA) is 61.9 Å². The highest BCUT2D eigenvalue weighted by atomic mass is 16.2. The smallest absolute Gasteiger partial charge is 0.228 e. The summed E-state index contributed by atoms with van der Waals surface area (Å²) < 4.78 is 0.